The molecule has 5 heteroatoms. The summed E-state index contributed by atoms with van der Waals surface area (Å²) in [6.07, 6.45) is 5.90. The van der Waals surface area contributed by atoms with Crippen LogP contribution in [0.5, 0.6) is 0 Å². The molecule has 0 unspecified atom stereocenters. The Bertz CT molecular complexity index is 792. The topological polar surface area (TPSA) is 83.8 Å². The molecule has 0 saturated carbocycles. The van der Waals surface area contributed by atoms with Gasteiger partial charge in [-0.25, -0.2) is 0 Å². The molecule has 0 aliphatic rings. The van der Waals surface area contributed by atoms with Crippen LogP contribution >= 0.6 is 0 Å². The van der Waals surface area contributed by atoms with Gasteiger partial charge >= 0.3 is 0 Å². The Balaban J connectivity index is 1.55. The second-order valence-corrected chi connectivity index (χ2v) is 5.86. The van der Waals surface area contributed by atoms with Crippen LogP contribution in [0.15, 0.2) is 48.8 Å². The van der Waals surface area contributed by atoms with E-state index >= 15 is 0 Å². The highest BCUT2D eigenvalue weighted by atomic mass is 16.1. The van der Waals surface area contributed by atoms with Crippen LogP contribution in [0.2, 0.25) is 0 Å². The van der Waals surface area contributed by atoms with Crippen molar-refractivity contribution >= 4 is 16.8 Å². The number of nitrogens with zero attached hydrogens (tertiary/aromatic N) is 1. The Hall–Kier alpha value is -2.66. The lowest BCUT2D eigenvalue weighted by Crippen LogP contribution is -2.26. The van der Waals surface area contributed by atoms with E-state index in [1.165, 1.54) is 5.39 Å². The molecule has 3 rings (SSSR count). The maximum absolute atomic E-state index is 12.2. The summed E-state index contributed by atoms with van der Waals surface area (Å²) < 4.78 is 0. The maximum Gasteiger partial charge on any atom is 0.252 e. The van der Waals surface area contributed by atoms with Crippen molar-refractivity contribution in [3.63, 3.8) is 0 Å². The highest BCUT2D eigenvalue weighted by Gasteiger charge is 2.07. The van der Waals surface area contributed by atoms with Gasteiger partial charge in [0.15, 0.2) is 0 Å². The number of pyridine rings is 1. The molecule has 0 fully saturated rings. The molecule has 0 radical (unpaired) electrons. The molecule has 0 spiro atoms. The van der Waals surface area contributed by atoms with E-state index in [9.17, 15) is 4.79 Å². The number of H-pyrrole nitrogens is 1. The van der Waals surface area contributed by atoms with Crippen molar-refractivity contribution in [3.05, 3.63) is 65.6 Å². The van der Waals surface area contributed by atoms with E-state index in [0.29, 0.717) is 18.7 Å². The lowest BCUT2D eigenvalue weighted by Gasteiger charge is -2.06. The summed E-state index contributed by atoms with van der Waals surface area (Å²) in [4.78, 5) is 19.8. The minimum atomic E-state index is -0.0896. The van der Waals surface area contributed by atoms with E-state index in [1.54, 1.807) is 12.4 Å². The standard InChI is InChI=1S/C19H22N4O/c20-8-3-4-14-10-16(13-21-12-14)19(24)22-9-7-17-11-15-5-1-2-6-18(15)23-17/h1-2,5-6,10-13,23H,3-4,7-9,20H2,(H,22,24). The zero-order chi connectivity index (χ0) is 16.8. The second-order valence-electron chi connectivity index (χ2n) is 5.86. The molecule has 0 aliphatic heterocycles. The number of rotatable bonds is 7. The number of nitrogens with one attached hydrogen (secondary N) is 2. The summed E-state index contributed by atoms with van der Waals surface area (Å²) >= 11 is 0. The molecule has 4 N–H and O–H groups in total. The summed E-state index contributed by atoms with van der Waals surface area (Å²) in [5.74, 6) is -0.0896. The van der Waals surface area contributed by atoms with Crippen LogP contribution in [-0.4, -0.2) is 29.0 Å². The number of para-hydroxylation sites is 1. The van der Waals surface area contributed by atoms with Crippen molar-refractivity contribution < 1.29 is 4.79 Å². The first kappa shape index (κ1) is 16.2. The Morgan fingerprint density at radius 2 is 2.04 bits per heavy atom. The number of nitrogens with two attached hydrogens (primary N) is 1. The SMILES string of the molecule is NCCCc1cncc(C(=O)NCCc2cc3ccccc3[nH]2)c1. The molecule has 0 bridgehead atoms. The smallest absolute Gasteiger partial charge is 0.252 e. The van der Waals surface area contributed by atoms with Crippen molar-refractivity contribution in [1.82, 2.24) is 15.3 Å². The fraction of sp³-hybridized carbons (Fsp3) is 0.263. The van der Waals surface area contributed by atoms with Gasteiger partial charge in [-0.15, -0.1) is 0 Å². The number of hydrogen-bond acceptors (Lipinski definition) is 3. The first-order chi connectivity index (χ1) is 11.8. The number of aryl methyl sites for hydroxylation is 1. The second kappa shape index (κ2) is 7.75. The predicted molar refractivity (Wildman–Crippen MR) is 95.9 cm³/mol. The average molecular weight is 322 g/mol. The van der Waals surface area contributed by atoms with Crippen LogP contribution in [0.25, 0.3) is 10.9 Å². The third-order valence-corrected chi connectivity index (χ3v) is 3.99. The third kappa shape index (κ3) is 4.00. The zero-order valence-electron chi connectivity index (χ0n) is 13.6. The van der Waals surface area contributed by atoms with Crippen LogP contribution < -0.4 is 11.1 Å². The number of benzene rings is 1. The maximum atomic E-state index is 12.2. The first-order valence-electron chi connectivity index (χ1n) is 8.25. The quantitative estimate of drug-likeness (QED) is 0.624. The third-order valence-electron chi connectivity index (χ3n) is 3.99. The Labute approximate surface area is 141 Å². The molecule has 24 heavy (non-hydrogen) atoms. The zero-order valence-corrected chi connectivity index (χ0v) is 13.6. The van der Waals surface area contributed by atoms with Gasteiger partial charge in [0.05, 0.1) is 5.56 Å². The molecule has 2 aromatic heterocycles. The van der Waals surface area contributed by atoms with Crippen molar-refractivity contribution in [2.45, 2.75) is 19.3 Å². The monoisotopic (exact) mass is 322 g/mol. The van der Waals surface area contributed by atoms with E-state index < -0.39 is 0 Å². The van der Waals surface area contributed by atoms with Crippen LogP contribution in [0.1, 0.15) is 28.0 Å². The van der Waals surface area contributed by atoms with Crippen LogP contribution in [0, 0.1) is 0 Å². The van der Waals surface area contributed by atoms with Gasteiger partial charge in [-0.2, -0.15) is 0 Å². The van der Waals surface area contributed by atoms with Crippen LogP contribution in [0.3, 0.4) is 0 Å². The van der Waals surface area contributed by atoms with Crippen LogP contribution in [-0.2, 0) is 12.8 Å². The molecule has 124 valence electrons. The summed E-state index contributed by atoms with van der Waals surface area (Å²) in [5, 5.41) is 4.14. The Kier molecular flexibility index (Phi) is 5.23. The van der Waals surface area contributed by atoms with E-state index in [-0.39, 0.29) is 5.91 Å². The lowest BCUT2D eigenvalue weighted by molar-refractivity contribution is 0.0953. The largest absolute Gasteiger partial charge is 0.358 e. The highest BCUT2D eigenvalue weighted by Crippen LogP contribution is 2.14. The van der Waals surface area contributed by atoms with Gasteiger partial charge in [-0.1, -0.05) is 18.2 Å². The van der Waals surface area contributed by atoms with Crippen LogP contribution in [0.4, 0.5) is 0 Å². The van der Waals surface area contributed by atoms with Gasteiger partial charge in [-0.3, -0.25) is 9.78 Å². The Morgan fingerprint density at radius 3 is 2.88 bits per heavy atom. The summed E-state index contributed by atoms with van der Waals surface area (Å²) in [6, 6.07) is 12.2. The van der Waals surface area contributed by atoms with Gasteiger partial charge in [-0.05, 0) is 48.5 Å². The molecular formula is C19H22N4O. The summed E-state index contributed by atoms with van der Waals surface area (Å²) in [6.45, 7) is 1.22. The van der Waals surface area contributed by atoms with Crippen molar-refractivity contribution in [3.8, 4) is 0 Å². The number of amides is 1. The van der Waals surface area contributed by atoms with Crippen molar-refractivity contribution in [1.29, 1.82) is 0 Å². The number of hydrogen-bond donors (Lipinski definition) is 3. The van der Waals surface area contributed by atoms with Gasteiger partial charge in [0, 0.05) is 36.6 Å². The van der Waals surface area contributed by atoms with Crippen molar-refractivity contribution in [2.24, 2.45) is 5.73 Å². The summed E-state index contributed by atoms with van der Waals surface area (Å²) in [7, 11) is 0. The van der Waals surface area contributed by atoms with E-state index in [1.807, 2.05) is 18.2 Å². The molecule has 3 aromatic rings. The average Bonchev–Trinajstić information content (AvgIpc) is 3.03. The van der Waals surface area contributed by atoms with Gasteiger partial charge in [0.1, 0.15) is 0 Å². The molecule has 0 atom stereocenters. The number of aromatic nitrogens is 2. The normalized spacial score (nSPS) is 10.9. The van der Waals surface area contributed by atoms with Gasteiger partial charge in [0.25, 0.3) is 5.91 Å². The van der Waals surface area contributed by atoms with Gasteiger partial charge in [0.2, 0.25) is 0 Å². The molecule has 2 heterocycles. The minimum Gasteiger partial charge on any atom is -0.358 e. The van der Waals surface area contributed by atoms with Crippen molar-refractivity contribution in [2.75, 3.05) is 13.1 Å². The predicted octanol–water partition coefficient (Wildman–Crippen LogP) is 2.43. The fourth-order valence-corrected chi connectivity index (χ4v) is 2.74. The molecular weight excluding hydrogens is 300 g/mol. The molecule has 1 aromatic carbocycles. The number of fused-ring (bicyclic) bond motifs is 1. The van der Waals surface area contributed by atoms with Gasteiger partial charge < -0.3 is 16.0 Å². The Morgan fingerprint density at radius 1 is 1.17 bits per heavy atom. The molecule has 1 amide bonds. The van der Waals surface area contributed by atoms with E-state index in [4.69, 9.17) is 5.73 Å². The molecule has 0 saturated heterocycles. The lowest BCUT2D eigenvalue weighted by atomic mass is 10.1. The molecule has 5 nitrogen and oxygen atoms in total. The number of aromatic amines is 1. The minimum absolute atomic E-state index is 0.0896. The number of carbonyl (C=O) groups excluding carboxylic acids is 1. The molecule has 0 aliphatic carbocycles. The summed E-state index contributed by atoms with van der Waals surface area (Å²) in [5.41, 5.74) is 9.40. The van der Waals surface area contributed by atoms with E-state index in [0.717, 1.165) is 36.0 Å². The number of carbonyl (C=O) groups is 1. The van der Waals surface area contributed by atoms with E-state index in [2.05, 4.69) is 33.5 Å². The highest BCUT2D eigenvalue weighted by molar-refractivity contribution is 5.94. The fourth-order valence-electron chi connectivity index (χ4n) is 2.74. The first-order valence-corrected chi connectivity index (χ1v) is 8.25.